The van der Waals surface area contributed by atoms with E-state index in [0.29, 0.717) is 6.42 Å². The van der Waals surface area contributed by atoms with Crippen molar-refractivity contribution in [2.45, 2.75) is 32.2 Å². The first kappa shape index (κ1) is 13.4. The molecule has 5 heteroatoms. The fourth-order valence-electron chi connectivity index (χ4n) is 2.66. The second kappa shape index (κ2) is 5.80. The molecule has 0 aliphatic rings. The maximum absolute atomic E-state index is 8.96. The van der Waals surface area contributed by atoms with E-state index in [-0.39, 0.29) is 6.04 Å². The third kappa shape index (κ3) is 2.52. The molecule has 0 aliphatic heterocycles. The average Bonchev–Trinajstić information content (AvgIpc) is 3.15. The van der Waals surface area contributed by atoms with Gasteiger partial charge < -0.3 is 4.98 Å². The molecular formula is C16H17N5. The van der Waals surface area contributed by atoms with Gasteiger partial charge in [-0.1, -0.05) is 13.3 Å². The number of aromatic nitrogens is 4. The highest BCUT2D eigenvalue weighted by Crippen LogP contribution is 2.28. The lowest BCUT2D eigenvalue weighted by Gasteiger charge is -2.12. The highest BCUT2D eigenvalue weighted by Gasteiger charge is 2.13. The van der Waals surface area contributed by atoms with Crippen LogP contribution in [0.5, 0.6) is 0 Å². The predicted molar refractivity (Wildman–Crippen MR) is 81.5 cm³/mol. The van der Waals surface area contributed by atoms with Crippen molar-refractivity contribution in [3.05, 3.63) is 36.9 Å². The molecule has 106 valence electrons. The number of fused-ring (bicyclic) bond motifs is 1. The van der Waals surface area contributed by atoms with Crippen molar-refractivity contribution in [2.75, 3.05) is 0 Å². The van der Waals surface area contributed by atoms with E-state index in [2.05, 4.69) is 28.1 Å². The summed E-state index contributed by atoms with van der Waals surface area (Å²) in [6.07, 6.45) is 10.1. The van der Waals surface area contributed by atoms with Gasteiger partial charge in [0, 0.05) is 29.5 Å². The number of nitrogens with zero attached hydrogens (tertiary/aromatic N) is 4. The summed E-state index contributed by atoms with van der Waals surface area (Å²) in [7, 11) is 0. The van der Waals surface area contributed by atoms with Gasteiger partial charge in [0.1, 0.15) is 5.65 Å². The number of rotatable bonds is 5. The fourth-order valence-corrected chi connectivity index (χ4v) is 2.66. The first-order chi connectivity index (χ1) is 10.3. The van der Waals surface area contributed by atoms with Gasteiger partial charge in [0.05, 0.1) is 24.7 Å². The molecule has 0 aromatic carbocycles. The summed E-state index contributed by atoms with van der Waals surface area (Å²) >= 11 is 0. The lowest BCUT2D eigenvalue weighted by molar-refractivity contribution is 0.428. The number of nitriles is 1. The molecule has 0 saturated heterocycles. The van der Waals surface area contributed by atoms with Crippen LogP contribution < -0.4 is 0 Å². The Kier molecular flexibility index (Phi) is 3.69. The monoisotopic (exact) mass is 279 g/mol. The van der Waals surface area contributed by atoms with Crippen molar-refractivity contribution < 1.29 is 0 Å². The second-order valence-corrected chi connectivity index (χ2v) is 5.11. The van der Waals surface area contributed by atoms with E-state index in [1.165, 1.54) is 0 Å². The quantitative estimate of drug-likeness (QED) is 0.774. The maximum Gasteiger partial charge on any atom is 0.137 e. The molecule has 5 nitrogen and oxygen atoms in total. The van der Waals surface area contributed by atoms with Crippen LogP contribution in [0.4, 0.5) is 0 Å². The molecule has 0 fully saturated rings. The van der Waals surface area contributed by atoms with Gasteiger partial charge in [-0.05, 0) is 24.1 Å². The van der Waals surface area contributed by atoms with Gasteiger partial charge in [-0.15, -0.1) is 0 Å². The molecule has 0 spiro atoms. The first-order valence-electron chi connectivity index (χ1n) is 7.17. The summed E-state index contributed by atoms with van der Waals surface area (Å²) in [5.74, 6) is 0. The number of nitrogens with one attached hydrogen (secondary N) is 1. The van der Waals surface area contributed by atoms with Crippen LogP contribution >= 0.6 is 0 Å². The minimum atomic E-state index is 0.150. The highest BCUT2D eigenvalue weighted by molar-refractivity contribution is 5.92. The first-order valence-corrected chi connectivity index (χ1v) is 7.17. The Morgan fingerprint density at radius 2 is 2.33 bits per heavy atom. The highest BCUT2D eigenvalue weighted by atomic mass is 15.3. The zero-order valence-electron chi connectivity index (χ0n) is 12.0. The summed E-state index contributed by atoms with van der Waals surface area (Å²) in [6, 6.07) is 6.42. The zero-order valence-corrected chi connectivity index (χ0v) is 12.0. The van der Waals surface area contributed by atoms with Gasteiger partial charge in [0.15, 0.2) is 0 Å². The summed E-state index contributed by atoms with van der Waals surface area (Å²) in [5, 5.41) is 14.5. The van der Waals surface area contributed by atoms with Crippen LogP contribution in [0.3, 0.4) is 0 Å². The molecule has 0 amide bonds. The standard InChI is InChI=1S/C16H17N5/c1-2-3-13(4-7-17)21-11-12(10-20-21)14-5-8-18-16-15(14)6-9-19-16/h5-6,8-11,13H,2-4H2,1H3,(H,18,19)/t13-/m0/s1. The van der Waals surface area contributed by atoms with Crippen LogP contribution in [0.2, 0.25) is 0 Å². The topological polar surface area (TPSA) is 70.3 Å². The van der Waals surface area contributed by atoms with Crippen molar-refractivity contribution in [1.82, 2.24) is 19.7 Å². The third-order valence-electron chi connectivity index (χ3n) is 3.70. The van der Waals surface area contributed by atoms with E-state index >= 15 is 0 Å². The molecule has 21 heavy (non-hydrogen) atoms. The van der Waals surface area contributed by atoms with E-state index < -0.39 is 0 Å². The van der Waals surface area contributed by atoms with Gasteiger partial charge in [0.25, 0.3) is 0 Å². The van der Waals surface area contributed by atoms with E-state index in [1.807, 2.05) is 35.4 Å². The number of aromatic amines is 1. The Morgan fingerprint density at radius 1 is 1.43 bits per heavy atom. The maximum atomic E-state index is 8.96. The SMILES string of the molecule is CCC[C@@H](CC#N)n1cc(-c2ccnc3[nH]ccc23)cn1. The Hall–Kier alpha value is -2.61. The number of pyridine rings is 1. The zero-order chi connectivity index (χ0) is 14.7. The predicted octanol–water partition coefficient (Wildman–Crippen LogP) is 3.68. The van der Waals surface area contributed by atoms with Gasteiger partial charge in [-0.3, -0.25) is 4.68 Å². The molecule has 0 bridgehead atoms. The number of H-pyrrole nitrogens is 1. The Morgan fingerprint density at radius 3 is 3.14 bits per heavy atom. The summed E-state index contributed by atoms with van der Waals surface area (Å²) in [5.41, 5.74) is 3.04. The molecule has 0 saturated carbocycles. The van der Waals surface area contributed by atoms with Crippen molar-refractivity contribution in [2.24, 2.45) is 0 Å². The van der Waals surface area contributed by atoms with E-state index in [9.17, 15) is 0 Å². The fraction of sp³-hybridized carbons (Fsp3) is 0.312. The molecule has 3 rings (SSSR count). The minimum absolute atomic E-state index is 0.150. The molecule has 0 unspecified atom stereocenters. The second-order valence-electron chi connectivity index (χ2n) is 5.11. The largest absolute Gasteiger partial charge is 0.346 e. The lowest BCUT2D eigenvalue weighted by atomic mass is 10.1. The molecule has 0 aliphatic carbocycles. The molecule has 3 aromatic rings. The number of hydrogen-bond acceptors (Lipinski definition) is 3. The van der Waals surface area contributed by atoms with Gasteiger partial charge in [-0.2, -0.15) is 10.4 Å². The van der Waals surface area contributed by atoms with Crippen LogP contribution in [0, 0.1) is 11.3 Å². The molecule has 3 aromatic heterocycles. The van der Waals surface area contributed by atoms with Crippen molar-refractivity contribution >= 4 is 11.0 Å². The molecule has 3 heterocycles. The third-order valence-corrected chi connectivity index (χ3v) is 3.70. The molecule has 1 atom stereocenters. The van der Waals surface area contributed by atoms with Gasteiger partial charge in [0.2, 0.25) is 0 Å². The van der Waals surface area contributed by atoms with Crippen molar-refractivity contribution in [1.29, 1.82) is 5.26 Å². The van der Waals surface area contributed by atoms with Crippen molar-refractivity contribution in [3.8, 4) is 17.2 Å². The van der Waals surface area contributed by atoms with Crippen LogP contribution in [-0.2, 0) is 0 Å². The van der Waals surface area contributed by atoms with Gasteiger partial charge in [-0.25, -0.2) is 4.98 Å². The molecule has 1 N–H and O–H groups in total. The Labute approximate surface area is 123 Å². The Balaban J connectivity index is 1.98. The minimum Gasteiger partial charge on any atom is -0.346 e. The van der Waals surface area contributed by atoms with Gasteiger partial charge >= 0.3 is 0 Å². The average molecular weight is 279 g/mol. The molecule has 0 radical (unpaired) electrons. The summed E-state index contributed by atoms with van der Waals surface area (Å²) in [6.45, 7) is 2.13. The van der Waals surface area contributed by atoms with E-state index in [0.717, 1.165) is 35.0 Å². The van der Waals surface area contributed by atoms with E-state index in [4.69, 9.17) is 5.26 Å². The van der Waals surface area contributed by atoms with Crippen LogP contribution in [-0.4, -0.2) is 19.7 Å². The van der Waals surface area contributed by atoms with Crippen LogP contribution in [0.15, 0.2) is 36.9 Å². The number of hydrogen-bond donors (Lipinski definition) is 1. The smallest absolute Gasteiger partial charge is 0.137 e. The molecular weight excluding hydrogens is 262 g/mol. The normalized spacial score (nSPS) is 12.4. The summed E-state index contributed by atoms with van der Waals surface area (Å²) < 4.78 is 1.92. The van der Waals surface area contributed by atoms with E-state index in [1.54, 1.807) is 6.20 Å². The van der Waals surface area contributed by atoms with Crippen LogP contribution in [0.1, 0.15) is 32.2 Å². The Bertz CT molecular complexity index is 777. The lowest BCUT2D eigenvalue weighted by Crippen LogP contribution is -2.08. The van der Waals surface area contributed by atoms with Crippen LogP contribution in [0.25, 0.3) is 22.2 Å². The summed E-state index contributed by atoms with van der Waals surface area (Å²) in [4.78, 5) is 7.42. The van der Waals surface area contributed by atoms with Crippen molar-refractivity contribution in [3.63, 3.8) is 0 Å².